The van der Waals surface area contributed by atoms with Crippen LogP contribution in [0.15, 0.2) is 29.4 Å². The summed E-state index contributed by atoms with van der Waals surface area (Å²) in [4.78, 5) is 8.51. The van der Waals surface area contributed by atoms with Crippen molar-refractivity contribution in [3.05, 3.63) is 35.1 Å². The maximum Gasteiger partial charge on any atom is 0.131 e. The lowest BCUT2D eigenvalue weighted by atomic mass is 9.80. The summed E-state index contributed by atoms with van der Waals surface area (Å²) in [6.07, 6.45) is 10.2. The van der Waals surface area contributed by atoms with Gasteiger partial charge in [0.1, 0.15) is 11.2 Å². The van der Waals surface area contributed by atoms with Gasteiger partial charge < -0.3 is 4.74 Å². The quantitative estimate of drug-likeness (QED) is 0.773. The summed E-state index contributed by atoms with van der Waals surface area (Å²) < 4.78 is 5.43. The van der Waals surface area contributed by atoms with E-state index in [2.05, 4.69) is 28.2 Å². The SMILES string of the molecule is N#Cc1cnc(Cl)cc1N=C1C=CC(C2CCOCC2)CC1. The third kappa shape index (κ3) is 3.55. The minimum Gasteiger partial charge on any atom is -0.381 e. The van der Waals surface area contributed by atoms with Gasteiger partial charge in [-0.2, -0.15) is 5.26 Å². The third-order valence-electron chi connectivity index (χ3n) is 4.37. The number of hydrogen-bond acceptors (Lipinski definition) is 4. The Kier molecular flexibility index (Phi) is 4.87. The Hall–Kier alpha value is -1.70. The van der Waals surface area contributed by atoms with Gasteiger partial charge in [0.05, 0.1) is 11.3 Å². The van der Waals surface area contributed by atoms with Crippen molar-refractivity contribution in [3.8, 4) is 6.07 Å². The molecule has 5 heteroatoms. The predicted octanol–water partition coefficient (Wildman–Crippen LogP) is 4.07. The summed E-state index contributed by atoms with van der Waals surface area (Å²) >= 11 is 5.90. The third-order valence-corrected chi connectivity index (χ3v) is 4.58. The zero-order valence-corrected chi connectivity index (χ0v) is 13.1. The van der Waals surface area contributed by atoms with Crippen LogP contribution >= 0.6 is 11.6 Å². The Morgan fingerprint density at radius 2 is 2.14 bits per heavy atom. The molecule has 22 heavy (non-hydrogen) atoms. The Balaban J connectivity index is 1.75. The second-order valence-corrected chi connectivity index (χ2v) is 6.14. The fraction of sp³-hybridized carbons (Fsp3) is 0.471. The first kappa shape index (κ1) is 15.2. The van der Waals surface area contributed by atoms with Gasteiger partial charge in [0.25, 0.3) is 0 Å². The van der Waals surface area contributed by atoms with Gasteiger partial charge in [-0.3, -0.25) is 4.99 Å². The van der Waals surface area contributed by atoms with Gasteiger partial charge in [0.2, 0.25) is 0 Å². The first-order valence-corrected chi connectivity index (χ1v) is 8.03. The van der Waals surface area contributed by atoms with Crippen LogP contribution in [-0.4, -0.2) is 23.9 Å². The van der Waals surface area contributed by atoms with Gasteiger partial charge in [-0.05, 0) is 43.6 Å². The van der Waals surface area contributed by atoms with Crippen LogP contribution in [0.2, 0.25) is 5.15 Å². The molecule has 114 valence electrons. The zero-order valence-electron chi connectivity index (χ0n) is 12.3. The molecule has 2 aliphatic rings. The normalized spacial score (nSPS) is 24.4. The van der Waals surface area contributed by atoms with Crippen molar-refractivity contribution in [2.75, 3.05) is 13.2 Å². The number of allylic oxidation sites excluding steroid dienone is 2. The van der Waals surface area contributed by atoms with Crippen LogP contribution in [0.25, 0.3) is 0 Å². The highest BCUT2D eigenvalue weighted by molar-refractivity contribution is 6.29. The molecule has 1 aliphatic carbocycles. The molecule has 1 aromatic heterocycles. The van der Waals surface area contributed by atoms with Crippen molar-refractivity contribution in [2.24, 2.45) is 16.8 Å². The average Bonchev–Trinajstić information content (AvgIpc) is 2.57. The summed E-state index contributed by atoms with van der Waals surface area (Å²) in [5.74, 6) is 1.36. The van der Waals surface area contributed by atoms with Crippen LogP contribution in [0.1, 0.15) is 31.2 Å². The van der Waals surface area contributed by atoms with E-state index in [4.69, 9.17) is 21.6 Å². The molecule has 1 aliphatic heterocycles. The van der Waals surface area contributed by atoms with Crippen LogP contribution in [0, 0.1) is 23.2 Å². The summed E-state index contributed by atoms with van der Waals surface area (Å²) in [6, 6.07) is 3.75. The lowest BCUT2D eigenvalue weighted by Gasteiger charge is -2.30. The van der Waals surface area contributed by atoms with Crippen molar-refractivity contribution < 1.29 is 4.74 Å². The van der Waals surface area contributed by atoms with Crippen molar-refractivity contribution in [3.63, 3.8) is 0 Å². The minimum atomic E-state index is 0.359. The molecule has 0 aromatic carbocycles. The Morgan fingerprint density at radius 1 is 1.32 bits per heavy atom. The second kappa shape index (κ2) is 7.04. The molecule has 0 spiro atoms. The van der Waals surface area contributed by atoms with Crippen molar-refractivity contribution in [1.82, 2.24) is 4.98 Å². The monoisotopic (exact) mass is 315 g/mol. The highest BCUT2D eigenvalue weighted by atomic mass is 35.5. The molecular weight excluding hydrogens is 298 g/mol. The van der Waals surface area contributed by atoms with Crippen LogP contribution < -0.4 is 0 Å². The number of aromatic nitrogens is 1. The average molecular weight is 316 g/mol. The van der Waals surface area contributed by atoms with Crippen molar-refractivity contribution in [1.29, 1.82) is 5.26 Å². The second-order valence-electron chi connectivity index (χ2n) is 5.75. The summed E-state index contributed by atoms with van der Waals surface area (Å²) in [6.45, 7) is 1.77. The molecule has 1 unspecified atom stereocenters. The molecule has 1 saturated heterocycles. The number of ether oxygens (including phenoxy) is 1. The van der Waals surface area contributed by atoms with Crippen LogP contribution in [0.3, 0.4) is 0 Å². The Labute approximate surface area is 135 Å². The molecule has 3 rings (SSSR count). The van der Waals surface area contributed by atoms with E-state index in [1.165, 1.54) is 6.20 Å². The van der Waals surface area contributed by atoms with Gasteiger partial charge in [-0.25, -0.2) is 4.98 Å². The van der Waals surface area contributed by atoms with E-state index in [9.17, 15) is 0 Å². The van der Waals surface area contributed by atoms with E-state index in [0.717, 1.165) is 50.5 Å². The first-order valence-electron chi connectivity index (χ1n) is 7.65. The molecule has 0 N–H and O–H groups in total. The summed E-state index contributed by atoms with van der Waals surface area (Å²) in [7, 11) is 0. The molecule has 2 heterocycles. The van der Waals surface area contributed by atoms with Crippen molar-refractivity contribution >= 4 is 23.0 Å². The van der Waals surface area contributed by atoms with E-state index >= 15 is 0 Å². The highest BCUT2D eigenvalue weighted by Crippen LogP contribution is 2.32. The zero-order chi connectivity index (χ0) is 15.4. The van der Waals surface area contributed by atoms with Gasteiger partial charge >= 0.3 is 0 Å². The Morgan fingerprint density at radius 3 is 2.82 bits per heavy atom. The fourth-order valence-electron chi connectivity index (χ4n) is 3.11. The summed E-state index contributed by atoms with van der Waals surface area (Å²) in [5.41, 5.74) is 2.06. The fourth-order valence-corrected chi connectivity index (χ4v) is 3.26. The largest absolute Gasteiger partial charge is 0.381 e. The first-order chi connectivity index (χ1) is 10.8. The molecule has 0 amide bonds. The number of rotatable bonds is 2. The number of pyridine rings is 1. The molecule has 0 radical (unpaired) electrons. The lowest BCUT2D eigenvalue weighted by molar-refractivity contribution is 0.0526. The lowest BCUT2D eigenvalue weighted by Crippen LogP contribution is -2.24. The molecule has 1 aromatic rings. The molecule has 4 nitrogen and oxygen atoms in total. The number of nitriles is 1. The van der Waals surface area contributed by atoms with E-state index in [0.29, 0.717) is 22.3 Å². The smallest absolute Gasteiger partial charge is 0.131 e. The van der Waals surface area contributed by atoms with Crippen LogP contribution in [-0.2, 0) is 4.74 Å². The van der Waals surface area contributed by atoms with Gasteiger partial charge in [0.15, 0.2) is 0 Å². The van der Waals surface area contributed by atoms with E-state index in [-0.39, 0.29) is 0 Å². The number of aliphatic imine (C=N–C) groups is 1. The number of halogens is 1. The number of nitrogens with zero attached hydrogens (tertiary/aromatic N) is 3. The maximum absolute atomic E-state index is 9.12. The van der Waals surface area contributed by atoms with E-state index < -0.39 is 0 Å². The van der Waals surface area contributed by atoms with Crippen LogP contribution in [0.5, 0.6) is 0 Å². The van der Waals surface area contributed by atoms with Crippen LogP contribution in [0.4, 0.5) is 5.69 Å². The maximum atomic E-state index is 9.12. The minimum absolute atomic E-state index is 0.359. The molecule has 1 atom stereocenters. The van der Waals surface area contributed by atoms with E-state index in [1.54, 1.807) is 6.07 Å². The van der Waals surface area contributed by atoms with Gasteiger partial charge in [-0.15, -0.1) is 0 Å². The molecule has 1 fully saturated rings. The van der Waals surface area contributed by atoms with Gasteiger partial charge in [-0.1, -0.05) is 17.7 Å². The van der Waals surface area contributed by atoms with Gasteiger partial charge in [0, 0.05) is 31.2 Å². The van der Waals surface area contributed by atoms with Crippen molar-refractivity contribution in [2.45, 2.75) is 25.7 Å². The predicted molar refractivity (Wildman–Crippen MR) is 86.5 cm³/mol. The molecule has 0 bridgehead atoms. The molecular formula is C17H18ClN3O. The topological polar surface area (TPSA) is 58.3 Å². The van der Waals surface area contributed by atoms with E-state index in [1.807, 2.05) is 0 Å². The number of hydrogen-bond donors (Lipinski definition) is 0. The standard InChI is InChI=1S/C17H18ClN3O/c18-17-9-16(14(10-19)11-20-17)21-15-3-1-12(2-4-15)13-5-7-22-8-6-13/h1,3,9,11-13H,2,4-8H2. The summed E-state index contributed by atoms with van der Waals surface area (Å²) in [5, 5.41) is 9.48. The Bertz CT molecular complexity index is 642. The molecule has 0 saturated carbocycles. The highest BCUT2D eigenvalue weighted by Gasteiger charge is 2.24.